The Hall–Kier alpha value is -2.69. The number of nitrogens with one attached hydrogen (secondary N) is 1. The average molecular weight is 388 g/mol. The highest BCUT2D eigenvalue weighted by atomic mass is 19.1. The fourth-order valence-electron chi connectivity index (χ4n) is 4.93. The molecule has 5 rings (SSSR count). The molecule has 2 aliphatic rings. The molecule has 2 bridgehead atoms. The number of likely N-dealkylation sites (tertiary alicyclic amines) is 1. The minimum absolute atomic E-state index is 0.174. The minimum atomic E-state index is -0.174. The lowest BCUT2D eigenvalue weighted by Gasteiger charge is -2.59. The highest BCUT2D eigenvalue weighted by molar-refractivity contribution is 5.70. The maximum Gasteiger partial charge on any atom is 0.126 e. The number of hydrogen-bond acceptors (Lipinski definition) is 3. The summed E-state index contributed by atoms with van der Waals surface area (Å²) in [6, 6.07) is 25.0. The summed E-state index contributed by atoms with van der Waals surface area (Å²) in [7, 11) is 1.71. The molecule has 3 nitrogen and oxygen atoms in total. The summed E-state index contributed by atoms with van der Waals surface area (Å²) in [5.74, 6) is 1.27. The number of fused-ring (bicyclic) bond motifs is 2. The van der Waals surface area contributed by atoms with Crippen molar-refractivity contribution in [3.8, 4) is 16.9 Å². The van der Waals surface area contributed by atoms with Crippen molar-refractivity contribution in [2.24, 2.45) is 0 Å². The van der Waals surface area contributed by atoms with Gasteiger partial charge in [-0.15, -0.1) is 0 Å². The van der Waals surface area contributed by atoms with Crippen LogP contribution in [-0.2, 0) is 6.54 Å². The van der Waals surface area contributed by atoms with Gasteiger partial charge in [-0.3, -0.25) is 4.90 Å². The molecule has 0 spiro atoms. The van der Waals surface area contributed by atoms with Crippen LogP contribution in [0.4, 0.5) is 4.39 Å². The summed E-state index contributed by atoms with van der Waals surface area (Å²) < 4.78 is 18.7. The molecular formula is C25H25FN2O. The number of para-hydroxylation sites is 1. The molecule has 3 atom stereocenters. The molecule has 0 amide bonds. The summed E-state index contributed by atoms with van der Waals surface area (Å²) in [5.41, 5.74) is 4.87. The lowest BCUT2D eigenvalue weighted by atomic mass is 9.72. The quantitative estimate of drug-likeness (QED) is 0.699. The van der Waals surface area contributed by atoms with Crippen LogP contribution in [0.15, 0.2) is 72.8 Å². The van der Waals surface area contributed by atoms with Crippen molar-refractivity contribution < 1.29 is 9.13 Å². The van der Waals surface area contributed by atoms with Gasteiger partial charge >= 0.3 is 0 Å². The van der Waals surface area contributed by atoms with Crippen LogP contribution < -0.4 is 10.1 Å². The van der Waals surface area contributed by atoms with Crippen LogP contribution in [0.25, 0.3) is 11.1 Å². The zero-order valence-corrected chi connectivity index (χ0v) is 16.5. The van der Waals surface area contributed by atoms with Gasteiger partial charge in [0.1, 0.15) is 11.6 Å². The van der Waals surface area contributed by atoms with Crippen LogP contribution in [0, 0.1) is 5.82 Å². The minimum Gasteiger partial charge on any atom is -0.496 e. The zero-order valence-electron chi connectivity index (χ0n) is 16.5. The molecule has 3 aromatic rings. The first-order valence-electron chi connectivity index (χ1n) is 10.2. The highest BCUT2D eigenvalue weighted by Crippen LogP contribution is 2.44. The van der Waals surface area contributed by atoms with Crippen molar-refractivity contribution in [2.45, 2.75) is 24.5 Å². The molecule has 148 valence electrons. The predicted molar refractivity (Wildman–Crippen MR) is 114 cm³/mol. The number of nitrogens with zero attached hydrogens (tertiary/aromatic N) is 1. The van der Waals surface area contributed by atoms with E-state index >= 15 is 0 Å². The lowest BCUT2D eigenvalue weighted by Crippen LogP contribution is -2.72. The number of hydrogen-bond donors (Lipinski definition) is 1. The van der Waals surface area contributed by atoms with Crippen molar-refractivity contribution in [2.75, 3.05) is 20.2 Å². The van der Waals surface area contributed by atoms with E-state index in [1.807, 2.05) is 30.3 Å². The molecule has 2 fully saturated rings. The largest absolute Gasteiger partial charge is 0.496 e. The zero-order chi connectivity index (χ0) is 19.8. The van der Waals surface area contributed by atoms with Crippen LogP contribution in [0.5, 0.6) is 5.75 Å². The van der Waals surface area contributed by atoms with Gasteiger partial charge in [-0.05, 0) is 34.9 Å². The lowest BCUT2D eigenvalue weighted by molar-refractivity contribution is -0.0483. The first-order chi connectivity index (χ1) is 14.2. The van der Waals surface area contributed by atoms with Gasteiger partial charge in [-0.1, -0.05) is 54.6 Å². The number of rotatable bonds is 5. The maximum absolute atomic E-state index is 13.2. The van der Waals surface area contributed by atoms with Crippen LogP contribution in [0.1, 0.15) is 17.0 Å². The number of ether oxygens (including phenoxy) is 1. The molecule has 0 saturated carbocycles. The fourth-order valence-corrected chi connectivity index (χ4v) is 4.93. The fraction of sp³-hybridized carbons (Fsp3) is 0.280. The van der Waals surface area contributed by atoms with Gasteiger partial charge in [-0.2, -0.15) is 0 Å². The number of piperidine rings is 1. The smallest absolute Gasteiger partial charge is 0.126 e. The van der Waals surface area contributed by atoms with E-state index in [0.717, 1.165) is 30.9 Å². The normalized spacial score (nSPS) is 23.4. The summed E-state index contributed by atoms with van der Waals surface area (Å²) in [6.07, 6.45) is 0. The van der Waals surface area contributed by atoms with Crippen LogP contribution in [0.2, 0.25) is 0 Å². The Bertz CT molecular complexity index is 974. The molecule has 2 heterocycles. The van der Waals surface area contributed by atoms with Crippen molar-refractivity contribution in [1.29, 1.82) is 0 Å². The number of methoxy groups -OCH3 is 1. The Morgan fingerprint density at radius 1 is 0.931 bits per heavy atom. The van der Waals surface area contributed by atoms with Crippen LogP contribution in [0.3, 0.4) is 0 Å². The topological polar surface area (TPSA) is 24.5 Å². The van der Waals surface area contributed by atoms with E-state index in [9.17, 15) is 4.39 Å². The first kappa shape index (κ1) is 18.3. The van der Waals surface area contributed by atoms with E-state index in [-0.39, 0.29) is 5.82 Å². The van der Waals surface area contributed by atoms with Gasteiger partial charge in [0.2, 0.25) is 0 Å². The van der Waals surface area contributed by atoms with E-state index in [2.05, 4.69) is 40.5 Å². The number of benzene rings is 3. The van der Waals surface area contributed by atoms with E-state index in [1.165, 1.54) is 16.7 Å². The molecule has 1 unspecified atom stereocenters. The molecule has 2 saturated heterocycles. The second kappa shape index (κ2) is 7.62. The molecule has 0 aliphatic carbocycles. The monoisotopic (exact) mass is 388 g/mol. The van der Waals surface area contributed by atoms with Crippen molar-refractivity contribution >= 4 is 0 Å². The summed E-state index contributed by atoms with van der Waals surface area (Å²) in [4.78, 5) is 2.56. The molecule has 1 N–H and O–H groups in total. The SMILES string of the molecule is COc1ccccc1-c1ccc(C2[C@H]3CNC[C@@H]2N3Cc2ccc(F)cc2)cc1. The summed E-state index contributed by atoms with van der Waals surface area (Å²) in [6.45, 7) is 2.88. The molecule has 0 radical (unpaired) electrons. The second-order valence-corrected chi connectivity index (χ2v) is 7.94. The molecule has 3 aromatic carbocycles. The van der Waals surface area contributed by atoms with E-state index in [0.29, 0.717) is 18.0 Å². The second-order valence-electron chi connectivity index (χ2n) is 7.94. The van der Waals surface area contributed by atoms with Crippen molar-refractivity contribution in [3.05, 3.63) is 89.7 Å². The Morgan fingerprint density at radius 2 is 1.62 bits per heavy atom. The Morgan fingerprint density at radius 3 is 2.31 bits per heavy atom. The van der Waals surface area contributed by atoms with Gasteiger partial charge in [0.25, 0.3) is 0 Å². The molecular weight excluding hydrogens is 363 g/mol. The Balaban J connectivity index is 1.34. The maximum atomic E-state index is 13.2. The molecule has 2 aliphatic heterocycles. The standard InChI is InChI=1S/C25H25FN2O/c1-29-24-5-3-2-4-21(24)18-8-10-19(11-9-18)25-22-14-27-15-23(25)28(22)16-17-6-12-20(26)13-7-17/h2-13,22-23,25,27H,14-16H2,1H3/t22-,23+,25?. The van der Waals surface area contributed by atoms with Crippen LogP contribution in [-0.4, -0.2) is 37.2 Å². The van der Waals surface area contributed by atoms with E-state index < -0.39 is 0 Å². The van der Waals surface area contributed by atoms with E-state index in [4.69, 9.17) is 4.74 Å². The molecule has 4 heteroatoms. The van der Waals surface area contributed by atoms with Crippen LogP contribution >= 0.6 is 0 Å². The summed E-state index contributed by atoms with van der Waals surface area (Å²) in [5, 5.41) is 3.54. The van der Waals surface area contributed by atoms with Crippen molar-refractivity contribution in [1.82, 2.24) is 10.2 Å². The molecule has 0 aromatic heterocycles. The summed E-state index contributed by atoms with van der Waals surface area (Å²) >= 11 is 0. The third-order valence-corrected chi connectivity index (χ3v) is 6.38. The van der Waals surface area contributed by atoms with E-state index in [1.54, 1.807) is 19.2 Å². The third kappa shape index (κ3) is 3.33. The Labute approximate surface area is 171 Å². The first-order valence-corrected chi connectivity index (χ1v) is 10.2. The van der Waals surface area contributed by atoms with Gasteiger partial charge in [0.15, 0.2) is 0 Å². The predicted octanol–water partition coefficient (Wildman–Crippen LogP) is 4.44. The van der Waals surface area contributed by atoms with Gasteiger partial charge < -0.3 is 10.1 Å². The number of piperazine rings is 1. The van der Waals surface area contributed by atoms with Gasteiger partial charge in [-0.25, -0.2) is 4.39 Å². The molecule has 29 heavy (non-hydrogen) atoms. The third-order valence-electron chi connectivity index (χ3n) is 6.38. The van der Waals surface area contributed by atoms with Gasteiger partial charge in [0.05, 0.1) is 7.11 Å². The number of halogens is 1. The van der Waals surface area contributed by atoms with Gasteiger partial charge in [0, 0.05) is 43.2 Å². The average Bonchev–Trinajstić information content (AvgIpc) is 2.79. The Kier molecular flexibility index (Phi) is 4.82. The highest BCUT2D eigenvalue weighted by Gasteiger charge is 2.50. The van der Waals surface area contributed by atoms with Crippen molar-refractivity contribution in [3.63, 3.8) is 0 Å².